The molecule has 1 aromatic carbocycles. The molecule has 0 aliphatic carbocycles. The zero-order valence-electron chi connectivity index (χ0n) is 7.17. The van der Waals surface area contributed by atoms with E-state index in [1.54, 1.807) is 6.07 Å². The Morgan fingerprint density at radius 1 is 1.62 bits per heavy atom. The molecule has 0 saturated carbocycles. The van der Waals surface area contributed by atoms with Gasteiger partial charge in [-0.05, 0) is 24.1 Å². The van der Waals surface area contributed by atoms with Crippen LogP contribution in [0.2, 0.25) is 5.02 Å². The van der Waals surface area contributed by atoms with Crippen LogP contribution < -0.4 is 5.32 Å². The summed E-state index contributed by atoms with van der Waals surface area (Å²) in [4.78, 5) is 10.5. The summed E-state index contributed by atoms with van der Waals surface area (Å²) in [6.07, 6.45) is 0. The van der Waals surface area contributed by atoms with Crippen LogP contribution in [0.25, 0.3) is 0 Å². The number of carbonyl (C=O) groups is 1. The van der Waals surface area contributed by atoms with Crippen LogP contribution in [0.3, 0.4) is 0 Å². The summed E-state index contributed by atoms with van der Waals surface area (Å²) >= 11 is 9.54. The third kappa shape index (κ3) is 2.94. The van der Waals surface area contributed by atoms with Gasteiger partial charge < -0.3 is 5.32 Å². The van der Waals surface area contributed by atoms with Crippen LogP contribution in [0.15, 0.2) is 18.2 Å². The van der Waals surface area contributed by atoms with E-state index in [2.05, 4.69) is 17.9 Å². The van der Waals surface area contributed by atoms with Crippen molar-refractivity contribution in [3.8, 4) is 0 Å². The SMILES string of the molecule is Cc1cccc(Cl)c1CNC(=O)S. The predicted molar refractivity (Wildman–Crippen MR) is 57.4 cm³/mol. The summed E-state index contributed by atoms with van der Waals surface area (Å²) in [6, 6.07) is 5.63. The number of amides is 1. The molecule has 0 spiro atoms. The number of aryl methyl sites for hydroxylation is 1. The summed E-state index contributed by atoms with van der Waals surface area (Å²) in [5, 5.41) is 2.91. The van der Waals surface area contributed by atoms with Crippen LogP contribution in [0.4, 0.5) is 4.79 Å². The fourth-order valence-corrected chi connectivity index (χ4v) is 1.42. The molecule has 4 heteroatoms. The first-order valence-corrected chi connectivity index (χ1v) is 4.64. The first-order chi connectivity index (χ1) is 6.11. The minimum Gasteiger partial charge on any atom is -0.343 e. The fraction of sp³-hybridized carbons (Fsp3) is 0.222. The summed E-state index contributed by atoms with van der Waals surface area (Å²) in [7, 11) is 0. The highest BCUT2D eigenvalue weighted by molar-refractivity contribution is 7.96. The second kappa shape index (κ2) is 4.53. The second-order valence-corrected chi connectivity index (χ2v) is 3.51. The standard InChI is InChI=1S/C9H10ClNOS/c1-6-3-2-4-8(10)7(6)5-11-9(12)13/h2-4H,5H2,1H3,(H2,11,12,13). The zero-order chi connectivity index (χ0) is 9.84. The van der Waals surface area contributed by atoms with Crippen molar-refractivity contribution in [2.75, 3.05) is 0 Å². The molecular weight excluding hydrogens is 206 g/mol. The van der Waals surface area contributed by atoms with E-state index in [-0.39, 0.29) is 5.24 Å². The maximum absolute atomic E-state index is 10.5. The van der Waals surface area contributed by atoms with Crippen LogP contribution in [0, 0.1) is 6.92 Å². The Morgan fingerprint density at radius 2 is 2.31 bits per heavy atom. The topological polar surface area (TPSA) is 29.1 Å². The lowest BCUT2D eigenvalue weighted by Gasteiger charge is -2.07. The minimum absolute atomic E-state index is 0.348. The van der Waals surface area contributed by atoms with Crippen molar-refractivity contribution in [2.45, 2.75) is 13.5 Å². The summed E-state index contributed by atoms with van der Waals surface area (Å²) in [5.41, 5.74) is 2.00. The number of carbonyl (C=O) groups excluding carboxylic acids is 1. The predicted octanol–water partition coefficient (Wildman–Crippen LogP) is 2.79. The third-order valence-electron chi connectivity index (χ3n) is 1.77. The highest BCUT2D eigenvalue weighted by Gasteiger charge is 2.03. The van der Waals surface area contributed by atoms with Gasteiger partial charge in [-0.25, -0.2) is 0 Å². The summed E-state index contributed by atoms with van der Waals surface area (Å²) in [6.45, 7) is 2.37. The van der Waals surface area contributed by atoms with E-state index in [1.807, 2.05) is 19.1 Å². The third-order valence-corrected chi connectivity index (χ3v) is 2.28. The molecule has 70 valence electrons. The first-order valence-electron chi connectivity index (χ1n) is 3.82. The molecule has 0 heterocycles. The molecule has 1 amide bonds. The average molecular weight is 216 g/mol. The molecule has 0 atom stereocenters. The molecular formula is C9H10ClNOS. The van der Waals surface area contributed by atoms with Gasteiger partial charge in [0.1, 0.15) is 0 Å². The lowest BCUT2D eigenvalue weighted by molar-refractivity contribution is 0.260. The number of nitrogens with one attached hydrogen (secondary N) is 1. The highest BCUT2D eigenvalue weighted by atomic mass is 35.5. The lowest BCUT2D eigenvalue weighted by atomic mass is 10.1. The second-order valence-electron chi connectivity index (χ2n) is 2.69. The van der Waals surface area contributed by atoms with Crippen LogP contribution in [-0.2, 0) is 6.54 Å². The van der Waals surface area contributed by atoms with Gasteiger partial charge >= 0.3 is 0 Å². The van der Waals surface area contributed by atoms with Gasteiger partial charge in [0.25, 0.3) is 5.24 Å². The van der Waals surface area contributed by atoms with Gasteiger partial charge in [-0.3, -0.25) is 4.79 Å². The number of thiol groups is 1. The number of benzene rings is 1. The van der Waals surface area contributed by atoms with Crippen molar-refractivity contribution < 1.29 is 4.79 Å². The zero-order valence-corrected chi connectivity index (χ0v) is 8.82. The smallest absolute Gasteiger partial charge is 0.276 e. The Morgan fingerprint density at radius 3 is 2.85 bits per heavy atom. The molecule has 2 nitrogen and oxygen atoms in total. The van der Waals surface area contributed by atoms with Crippen LogP contribution >= 0.6 is 24.2 Å². The quantitative estimate of drug-likeness (QED) is 0.730. The molecule has 0 fully saturated rings. The number of rotatable bonds is 2. The maximum atomic E-state index is 10.5. The Labute approximate surface area is 87.7 Å². The molecule has 0 aliphatic rings. The normalized spacial score (nSPS) is 9.77. The van der Waals surface area contributed by atoms with Crippen molar-refractivity contribution in [1.82, 2.24) is 5.32 Å². The molecule has 0 saturated heterocycles. The van der Waals surface area contributed by atoms with Crippen molar-refractivity contribution in [3.05, 3.63) is 34.3 Å². The van der Waals surface area contributed by atoms with Crippen molar-refractivity contribution >= 4 is 29.5 Å². The fourth-order valence-electron chi connectivity index (χ4n) is 1.05. The number of halogens is 1. The Bertz CT molecular complexity index is 307. The minimum atomic E-state index is -0.348. The molecule has 1 aromatic rings. The Balaban J connectivity index is 2.81. The van der Waals surface area contributed by atoms with E-state index in [9.17, 15) is 4.79 Å². The van der Waals surface area contributed by atoms with Crippen LogP contribution in [0.5, 0.6) is 0 Å². The van der Waals surface area contributed by atoms with E-state index in [1.165, 1.54) is 0 Å². The van der Waals surface area contributed by atoms with Gasteiger partial charge in [0.05, 0.1) is 0 Å². The Kier molecular flexibility index (Phi) is 3.63. The maximum Gasteiger partial charge on any atom is 0.276 e. The van der Waals surface area contributed by atoms with E-state index in [0.717, 1.165) is 11.1 Å². The molecule has 0 bridgehead atoms. The molecule has 0 aliphatic heterocycles. The van der Waals surface area contributed by atoms with Gasteiger partial charge in [0, 0.05) is 11.6 Å². The molecule has 1 rings (SSSR count). The lowest BCUT2D eigenvalue weighted by Crippen LogP contribution is -2.16. The highest BCUT2D eigenvalue weighted by Crippen LogP contribution is 2.18. The van der Waals surface area contributed by atoms with E-state index >= 15 is 0 Å². The monoisotopic (exact) mass is 215 g/mol. The summed E-state index contributed by atoms with van der Waals surface area (Å²) in [5.74, 6) is 0. The van der Waals surface area contributed by atoms with E-state index in [4.69, 9.17) is 11.6 Å². The van der Waals surface area contributed by atoms with Gasteiger partial charge in [-0.1, -0.05) is 36.4 Å². The van der Waals surface area contributed by atoms with Gasteiger partial charge in [-0.2, -0.15) is 0 Å². The molecule has 1 N–H and O–H groups in total. The first kappa shape index (κ1) is 10.4. The Hall–Kier alpha value is -0.670. The van der Waals surface area contributed by atoms with Crippen LogP contribution in [0.1, 0.15) is 11.1 Å². The molecule has 0 aromatic heterocycles. The molecule has 13 heavy (non-hydrogen) atoms. The summed E-state index contributed by atoms with van der Waals surface area (Å²) < 4.78 is 0. The van der Waals surface area contributed by atoms with Crippen LogP contribution in [-0.4, -0.2) is 5.24 Å². The number of hydrogen-bond acceptors (Lipinski definition) is 1. The van der Waals surface area contributed by atoms with Crippen molar-refractivity contribution in [2.24, 2.45) is 0 Å². The van der Waals surface area contributed by atoms with Gasteiger partial charge in [0.15, 0.2) is 0 Å². The van der Waals surface area contributed by atoms with E-state index < -0.39 is 0 Å². The molecule has 0 unspecified atom stereocenters. The van der Waals surface area contributed by atoms with Gasteiger partial charge in [0.2, 0.25) is 0 Å². The molecule has 0 radical (unpaired) electrons. The van der Waals surface area contributed by atoms with E-state index in [0.29, 0.717) is 11.6 Å². The number of hydrogen-bond donors (Lipinski definition) is 2. The van der Waals surface area contributed by atoms with Crippen molar-refractivity contribution in [1.29, 1.82) is 0 Å². The van der Waals surface area contributed by atoms with Gasteiger partial charge in [-0.15, -0.1) is 0 Å². The largest absolute Gasteiger partial charge is 0.343 e. The average Bonchev–Trinajstić information content (AvgIpc) is 2.03. The van der Waals surface area contributed by atoms with Crippen molar-refractivity contribution in [3.63, 3.8) is 0 Å².